The van der Waals surface area contributed by atoms with Crippen molar-refractivity contribution in [1.29, 1.82) is 0 Å². The van der Waals surface area contributed by atoms with Gasteiger partial charge in [-0.25, -0.2) is 0 Å². The average Bonchev–Trinajstić information content (AvgIpc) is 3.06. The molecular weight excluding hydrogens is 200 g/mol. The van der Waals surface area contributed by atoms with E-state index in [1.165, 1.54) is 12.8 Å². The van der Waals surface area contributed by atoms with Crippen LogP contribution >= 0.6 is 0 Å². The lowest BCUT2D eigenvalue weighted by molar-refractivity contribution is 0.282. The largest absolute Gasteiger partial charge is 0.355 e. The van der Waals surface area contributed by atoms with Crippen molar-refractivity contribution in [3.8, 4) is 0 Å². The summed E-state index contributed by atoms with van der Waals surface area (Å²) in [4.78, 5) is 6.72. The summed E-state index contributed by atoms with van der Waals surface area (Å²) in [5.74, 6) is 0.904. The van der Waals surface area contributed by atoms with Crippen molar-refractivity contribution in [2.24, 2.45) is 4.99 Å². The van der Waals surface area contributed by atoms with Crippen LogP contribution in [0.1, 0.15) is 33.6 Å². The Balaban J connectivity index is 2.17. The van der Waals surface area contributed by atoms with Crippen molar-refractivity contribution >= 4 is 5.96 Å². The molecule has 0 heterocycles. The number of guanidine groups is 1. The first-order valence-corrected chi connectivity index (χ1v) is 6.38. The van der Waals surface area contributed by atoms with E-state index < -0.39 is 0 Å². The van der Waals surface area contributed by atoms with E-state index in [2.05, 4.69) is 41.3 Å². The van der Waals surface area contributed by atoms with Crippen LogP contribution in [-0.4, -0.2) is 49.6 Å². The van der Waals surface area contributed by atoms with Gasteiger partial charge in [-0.05, 0) is 33.2 Å². The SMILES string of the molecule is CCN(CCNC(=NC)NC(C)C)C1CC1. The predicted molar refractivity (Wildman–Crippen MR) is 69.9 cm³/mol. The number of nitrogens with zero attached hydrogens (tertiary/aromatic N) is 2. The molecule has 0 saturated heterocycles. The standard InChI is InChI=1S/C12H26N4/c1-5-16(11-6-7-11)9-8-14-12(13-4)15-10(2)3/h10-11H,5-9H2,1-4H3,(H2,13,14,15). The van der Waals surface area contributed by atoms with Crippen molar-refractivity contribution in [2.75, 3.05) is 26.7 Å². The second-order valence-electron chi connectivity index (χ2n) is 4.66. The lowest BCUT2D eigenvalue weighted by Gasteiger charge is -2.21. The summed E-state index contributed by atoms with van der Waals surface area (Å²) in [7, 11) is 1.82. The monoisotopic (exact) mass is 226 g/mol. The second kappa shape index (κ2) is 6.74. The van der Waals surface area contributed by atoms with Crippen LogP contribution in [0.15, 0.2) is 4.99 Å². The van der Waals surface area contributed by atoms with Crippen molar-refractivity contribution in [2.45, 2.75) is 45.7 Å². The van der Waals surface area contributed by atoms with Crippen LogP contribution in [0.5, 0.6) is 0 Å². The molecule has 0 spiro atoms. The van der Waals surface area contributed by atoms with Gasteiger partial charge in [-0.3, -0.25) is 9.89 Å². The van der Waals surface area contributed by atoms with E-state index in [-0.39, 0.29) is 0 Å². The fourth-order valence-electron chi connectivity index (χ4n) is 1.82. The lowest BCUT2D eigenvalue weighted by Crippen LogP contribution is -2.44. The Morgan fingerprint density at radius 3 is 2.56 bits per heavy atom. The Hall–Kier alpha value is -0.770. The molecule has 4 heteroatoms. The van der Waals surface area contributed by atoms with Crippen LogP contribution in [0.25, 0.3) is 0 Å². The Morgan fingerprint density at radius 2 is 2.12 bits per heavy atom. The van der Waals surface area contributed by atoms with Gasteiger partial charge in [0.15, 0.2) is 5.96 Å². The molecule has 2 N–H and O–H groups in total. The Kier molecular flexibility index (Phi) is 5.60. The average molecular weight is 226 g/mol. The van der Waals surface area contributed by atoms with Crippen LogP contribution in [0, 0.1) is 0 Å². The molecule has 4 nitrogen and oxygen atoms in total. The molecule has 1 saturated carbocycles. The third kappa shape index (κ3) is 4.84. The Morgan fingerprint density at radius 1 is 1.44 bits per heavy atom. The molecule has 1 rings (SSSR count). The van der Waals surface area contributed by atoms with Gasteiger partial charge in [0.05, 0.1) is 0 Å². The molecule has 94 valence electrons. The number of rotatable bonds is 6. The first-order valence-electron chi connectivity index (χ1n) is 6.38. The molecule has 1 aliphatic carbocycles. The molecular formula is C12H26N4. The van der Waals surface area contributed by atoms with Gasteiger partial charge in [0.2, 0.25) is 0 Å². The zero-order chi connectivity index (χ0) is 12.0. The first-order chi connectivity index (χ1) is 7.67. The molecule has 0 bridgehead atoms. The molecule has 0 aromatic heterocycles. The first kappa shape index (κ1) is 13.3. The minimum atomic E-state index is 0.428. The van der Waals surface area contributed by atoms with Gasteiger partial charge in [0.25, 0.3) is 0 Å². The number of aliphatic imine (C=N–C) groups is 1. The van der Waals surface area contributed by atoms with Crippen LogP contribution < -0.4 is 10.6 Å². The predicted octanol–water partition coefficient (Wildman–Crippen LogP) is 1.04. The smallest absolute Gasteiger partial charge is 0.191 e. The molecule has 0 aromatic carbocycles. The number of likely N-dealkylation sites (N-methyl/N-ethyl adjacent to an activating group) is 1. The van der Waals surface area contributed by atoms with Crippen LogP contribution in [-0.2, 0) is 0 Å². The van der Waals surface area contributed by atoms with E-state index in [1.807, 2.05) is 7.05 Å². The van der Waals surface area contributed by atoms with Crippen molar-refractivity contribution in [3.63, 3.8) is 0 Å². The fourth-order valence-corrected chi connectivity index (χ4v) is 1.82. The summed E-state index contributed by atoms with van der Waals surface area (Å²) in [6, 6.07) is 1.28. The molecule has 0 radical (unpaired) electrons. The Bertz CT molecular complexity index is 221. The zero-order valence-corrected chi connectivity index (χ0v) is 11.1. The number of hydrogen-bond acceptors (Lipinski definition) is 2. The quantitative estimate of drug-likeness (QED) is 0.525. The molecule has 1 aliphatic rings. The van der Waals surface area contributed by atoms with Crippen molar-refractivity contribution in [3.05, 3.63) is 0 Å². The zero-order valence-electron chi connectivity index (χ0n) is 11.1. The molecule has 0 amide bonds. The van der Waals surface area contributed by atoms with Gasteiger partial charge in [0.1, 0.15) is 0 Å². The highest BCUT2D eigenvalue weighted by molar-refractivity contribution is 5.79. The summed E-state index contributed by atoms with van der Waals surface area (Å²) < 4.78 is 0. The molecule has 0 aromatic rings. The minimum Gasteiger partial charge on any atom is -0.355 e. The number of nitrogens with one attached hydrogen (secondary N) is 2. The van der Waals surface area contributed by atoms with Gasteiger partial charge in [-0.15, -0.1) is 0 Å². The van der Waals surface area contributed by atoms with Crippen molar-refractivity contribution < 1.29 is 0 Å². The second-order valence-corrected chi connectivity index (χ2v) is 4.66. The van der Waals surface area contributed by atoms with Crippen molar-refractivity contribution in [1.82, 2.24) is 15.5 Å². The summed E-state index contributed by atoms with van der Waals surface area (Å²) in [5, 5.41) is 6.63. The summed E-state index contributed by atoms with van der Waals surface area (Å²) in [6.07, 6.45) is 2.76. The van der Waals surface area contributed by atoms with E-state index in [4.69, 9.17) is 0 Å². The lowest BCUT2D eigenvalue weighted by atomic mass is 10.4. The summed E-state index contributed by atoms with van der Waals surface area (Å²) in [6.45, 7) is 9.71. The third-order valence-electron chi connectivity index (χ3n) is 2.81. The topological polar surface area (TPSA) is 39.7 Å². The highest BCUT2D eigenvalue weighted by Crippen LogP contribution is 2.25. The van der Waals surface area contributed by atoms with Gasteiger partial charge in [-0.2, -0.15) is 0 Å². The maximum absolute atomic E-state index is 4.19. The maximum atomic E-state index is 4.19. The van der Waals surface area contributed by atoms with E-state index in [0.717, 1.165) is 31.6 Å². The van der Waals surface area contributed by atoms with E-state index >= 15 is 0 Å². The highest BCUT2D eigenvalue weighted by Gasteiger charge is 2.27. The molecule has 0 unspecified atom stereocenters. The molecule has 0 aliphatic heterocycles. The summed E-state index contributed by atoms with van der Waals surface area (Å²) >= 11 is 0. The van der Waals surface area contributed by atoms with Gasteiger partial charge >= 0.3 is 0 Å². The minimum absolute atomic E-state index is 0.428. The molecule has 1 fully saturated rings. The van der Waals surface area contributed by atoms with E-state index in [9.17, 15) is 0 Å². The van der Waals surface area contributed by atoms with Crippen LogP contribution in [0.3, 0.4) is 0 Å². The Labute approximate surface area is 99.5 Å². The third-order valence-corrected chi connectivity index (χ3v) is 2.81. The molecule has 0 atom stereocenters. The summed E-state index contributed by atoms with van der Waals surface area (Å²) in [5.41, 5.74) is 0. The fraction of sp³-hybridized carbons (Fsp3) is 0.917. The van der Waals surface area contributed by atoms with Crippen LogP contribution in [0.2, 0.25) is 0 Å². The number of hydrogen-bond donors (Lipinski definition) is 2. The van der Waals surface area contributed by atoms with Gasteiger partial charge < -0.3 is 10.6 Å². The molecule has 16 heavy (non-hydrogen) atoms. The van der Waals surface area contributed by atoms with Crippen LogP contribution in [0.4, 0.5) is 0 Å². The normalized spacial score (nSPS) is 17.0. The van der Waals surface area contributed by atoms with E-state index in [1.54, 1.807) is 0 Å². The van der Waals surface area contributed by atoms with Gasteiger partial charge in [0, 0.05) is 32.2 Å². The maximum Gasteiger partial charge on any atom is 0.191 e. The van der Waals surface area contributed by atoms with E-state index in [0.29, 0.717) is 6.04 Å². The highest BCUT2D eigenvalue weighted by atomic mass is 15.2. The van der Waals surface area contributed by atoms with Gasteiger partial charge in [-0.1, -0.05) is 6.92 Å².